The lowest BCUT2D eigenvalue weighted by Gasteiger charge is -2.55. The number of piperidine rings is 1. The van der Waals surface area contributed by atoms with E-state index in [9.17, 15) is 18.4 Å². The maximum absolute atomic E-state index is 14.5. The van der Waals surface area contributed by atoms with E-state index in [4.69, 9.17) is 18.9 Å². The van der Waals surface area contributed by atoms with Crippen LogP contribution >= 0.6 is 0 Å². The number of alkyl halides is 2. The Morgan fingerprint density at radius 2 is 1.82 bits per heavy atom. The maximum atomic E-state index is 14.5. The van der Waals surface area contributed by atoms with Gasteiger partial charge in [0, 0.05) is 68.0 Å². The van der Waals surface area contributed by atoms with Crippen LogP contribution in [-0.4, -0.2) is 73.6 Å². The predicted octanol–water partition coefficient (Wildman–Crippen LogP) is 8.12. The lowest BCUT2D eigenvalue weighted by atomic mass is 9.58. The van der Waals surface area contributed by atoms with E-state index in [1.807, 2.05) is 52.0 Å². The molecule has 266 valence electrons. The van der Waals surface area contributed by atoms with Crippen molar-refractivity contribution >= 4 is 28.7 Å². The van der Waals surface area contributed by atoms with Gasteiger partial charge >= 0.3 is 12.1 Å². The number of ether oxygens (including phenoxy) is 4. The first-order chi connectivity index (χ1) is 23.2. The highest BCUT2D eigenvalue weighted by Crippen LogP contribution is 2.61. The molecule has 0 unspecified atom stereocenters. The third-order valence-electron chi connectivity index (χ3n) is 10.4. The molecular weight excluding hydrogens is 632 g/mol. The Balaban J connectivity index is 1.40. The first kappa shape index (κ1) is 35.1. The van der Waals surface area contributed by atoms with E-state index >= 15 is 0 Å². The SMILES string of the molecule is COC(=O)c1ccc([C@@H]2CC3(CCN2Cc2c(OC)cc(C)c4c2ccn4C(=O)OC(C)(C)C)CC(F)(F)C3)c(NCC2CCOCC2)c1. The van der Waals surface area contributed by atoms with Gasteiger partial charge in [0.25, 0.3) is 0 Å². The van der Waals surface area contributed by atoms with E-state index in [2.05, 4.69) is 10.2 Å². The largest absolute Gasteiger partial charge is 0.496 e. The summed E-state index contributed by atoms with van der Waals surface area (Å²) in [4.78, 5) is 28.2. The second-order valence-corrected chi connectivity index (χ2v) is 15.2. The average Bonchev–Trinajstić information content (AvgIpc) is 3.50. The van der Waals surface area contributed by atoms with Gasteiger partial charge in [-0.1, -0.05) is 6.07 Å². The van der Waals surface area contributed by atoms with Gasteiger partial charge in [-0.05, 0) is 107 Å². The Morgan fingerprint density at radius 1 is 1.08 bits per heavy atom. The van der Waals surface area contributed by atoms with E-state index in [1.54, 1.807) is 23.9 Å². The smallest absolute Gasteiger partial charge is 0.419 e. The molecule has 0 radical (unpaired) electrons. The van der Waals surface area contributed by atoms with Gasteiger partial charge in [-0.25, -0.2) is 18.4 Å². The number of nitrogens with one attached hydrogen (secondary N) is 1. The number of hydrogen-bond donors (Lipinski definition) is 1. The molecule has 49 heavy (non-hydrogen) atoms. The summed E-state index contributed by atoms with van der Waals surface area (Å²) in [6, 6.07) is 9.19. The summed E-state index contributed by atoms with van der Waals surface area (Å²) in [5, 5.41) is 4.51. The van der Waals surface area contributed by atoms with E-state index in [0.717, 1.165) is 59.3 Å². The van der Waals surface area contributed by atoms with Crippen LogP contribution in [0, 0.1) is 18.3 Å². The van der Waals surface area contributed by atoms with Gasteiger partial charge in [0.05, 0.1) is 25.3 Å². The van der Waals surface area contributed by atoms with Gasteiger partial charge in [-0.3, -0.25) is 9.47 Å². The van der Waals surface area contributed by atoms with Crippen molar-refractivity contribution < 1.29 is 37.3 Å². The highest BCUT2D eigenvalue weighted by Gasteiger charge is 2.58. The number of aryl methyl sites for hydroxylation is 1. The molecule has 2 aromatic carbocycles. The summed E-state index contributed by atoms with van der Waals surface area (Å²) >= 11 is 0. The molecule has 0 bridgehead atoms. The number of anilines is 1. The quantitative estimate of drug-likeness (QED) is 0.239. The number of carbonyl (C=O) groups is 2. The zero-order valence-corrected chi connectivity index (χ0v) is 29.5. The molecule has 3 heterocycles. The summed E-state index contributed by atoms with van der Waals surface area (Å²) in [7, 11) is 3.00. The number of hydrogen-bond acceptors (Lipinski definition) is 8. The number of rotatable bonds is 8. The Bertz CT molecular complexity index is 1700. The molecule has 6 rings (SSSR count). The second-order valence-electron chi connectivity index (χ2n) is 15.2. The molecule has 1 aliphatic carbocycles. The van der Waals surface area contributed by atoms with E-state index < -0.39 is 29.0 Å². The number of carbonyl (C=O) groups excluding carboxylic acids is 2. The van der Waals surface area contributed by atoms with E-state index in [1.165, 1.54) is 7.11 Å². The van der Waals surface area contributed by atoms with Crippen molar-refractivity contribution in [2.24, 2.45) is 11.3 Å². The lowest BCUT2D eigenvalue weighted by Crippen LogP contribution is -2.53. The number of likely N-dealkylation sites (tertiary alicyclic amines) is 1. The van der Waals surface area contributed by atoms with Crippen molar-refractivity contribution in [3.8, 4) is 5.75 Å². The molecule has 1 spiro atoms. The summed E-state index contributed by atoms with van der Waals surface area (Å²) in [6.45, 7) is 10.7. The molecule has 1 saturated carbocycles. The van der Waals surface area contributed by atoms with Gasteiger partial charge in [0.1, 0.15) is 11.4 Å². The Hall–Kier alpha value is -3.70. The predicted molar refractivity (Wildman–Crippen MR) is 184 cm³/mol. The van der Waals surface area contributed by atoms with Crippen LogP contribution in [0.25, 0.3) is 10.9 Å². The van der Waals surface area contributed by atoms with Crippen LogP contribution < -0.4 is 10.1 Å². The van der Waals surface area contributed by atoms with Crippen LogP contribution in [0.4, 0.5) is 19.3 Å². The highest BCUT2D eigenvalue weighted by molar-refractivity contribution is 5.95. The fraction of sp³-hybridized carbons (Fsp3) is 0.579. The summed E-state index contributed by atoms with van der Waals surface area (Å²) in [6.07, 6.45) is 4.13. The molecule has 11 heteroatoms. The molecule has 9 nitrogen and oxygen atoms in total. The summed E-state index contributed by atoms with van der Waals surface area (Å²) < 4.78 is 52.7. The van der Waals surface area contributed by atoms with Crippen LogP contribution in [0.1, 0.15) is 92.4 Å². The standard InChI is InChI=1S/C38H49F2N3O6/c1-24-17-32(46-5)29(27-9-13-43(33(24)27)35(45)49-36(2,3)4)21-42-14-12-37(22-38(39,40)23-37)19-31(42)28-8-7-26(34(44)47-6)18-30(28)41-20-25-10-15-48-16-11-25/h7-9,13,17-18,25,31,41H,10-12,14-16,19-23H2,1-6H3/t31-/m0/s1. The summed E-state index contributed by atoms with van der Waals surface area (Å²) in [5.74, 6) is -1.97. The fourth-order valence-corrected chi connectivity index (χ4v) is 8.06. The number of aromatic nitrogens is 1. The minimum Gasteiger partial charge on any atom is -0.496 e. The highest BCUT2D eigenvalue weighted by atomic mass is 19.3. The molecule has 1 atom stereocenters. The first-order valence-corrected chi connectivity index (χ1v) is 17.3. The zero-order valence-electron chi connectivity index (χ0n) is 29.5. The lowest BCUT2D eigenvalue weighted by molar-refractivity contribution is -0.186. The number of benzene rings is 2. The molecule has 2 aliphatic heterocycles. The van der Waals surface area contributed by atoms with Crippen molar-refractivity contribution in [3.05, 3.63) is 58.8 Å². The van der Waals surface area contributed by atoms with Crippen molar-refractivity contribution in [1.82, 2.24) is 9.47 Å². The number of methoxy groups -OCH3 is 2. The van der Waals surface area contributed by atoms with Crippen molar-refractivity contribution in [3.63, 3.8) is 0 Å². The maximum Gasteiger partial charge on any atom is 0.419 e. The van der Waals surface area contributed by atoms with E-state index in [0.29, 0.717) is 49.7 Å². The molecule has 0 amide bonds. The Labute approximate surface area is 287 Å². The van der Waals surface area contributed by atoms with E-state index in [-0.39, 0.29) is 18.9 Å². The van der Waals surface area contributed by atoms with Crippen LogP contribution in [0.5, 0.6) is 5.75 Å². The van der Waals surface area contributed by atoms with Crippen molar-refractivity contribution in [2.45, 2.75) is 90.3 Å². The van der Waals surface area contributed by atoms with Crippen LogP contribution in [0.3, 0.4) is 0 Å². The van der Waals surface area contributed by atoms with Gasteiger partial charge in [0.2, 0.25) is 5.92 Å². The Kier molecular flexibility index (Phi) is 9.71. The topological polar surface area (TPSA) is 91.3 Å². The molecule has 3 fully saturated rings. The van der Waals surface area contributed by atoms with Gasteiger partial charge in [0.15, 0.2) is 0 Å². The third-order valence-corrected chi connectivity index (χ3v) is 10.4. The Morgan fingerprint density at radius 3 is 2.47 bits per heavy atom. The van der Waals surface area contributed by atoms with Crippen LogP contribution in [-0.2, 0) is 20.8 Å². The minimum absolute atomic E-state index is 0.119. The van der Waals surface area contributed by atoms with Crippen molar-refractivity contribution in [1.29, 1.82) is 0 Å². The third kappa shape index (κ3) is 7.43. The zero-order chi connectivity index (χ0) is 35.1. The molecule has 3 aliphatic rings. The average molecular weight is 682 g/mol. The van der Waals surface area contributed by atoms with Crippen molar-refractivity contribution in [2.75, 3.05) is 45.8 Å². The van der Waals surface area contributed by atoms with Crippen LogP contribution in [0.2, 0.25) is 0 Å². The van der Waals surface area contributed by atoms with Gasteiger partial charge in [-0.2, -0.15) is 0 Å². The minimum atomic E-state index is -2.65. The number of nitrogens with zero attached hydrogens (tertiary/aromatic N) is 2. The molecule has 2 saturated heterocycles. The molecule has 1 aromatic heterocycles. The molecule has 1 N–H and O–H groups in total. The summed E-state index contributed by atoms with van der Waals surface area (Å²) in [5.41, 5.74) is 3.60. The molecule has 3 aromatic rings. The number of esters is 1. The van der Waals surface area contributed by atoms with Gasteiger partial charge in [-0.15, -0.1) is 0 Å². The molecular formula is C38H49F2N3O6. The fourth-order valence-electron chi connectivity index (χ4n) is 8.06. The van der Waals surface area contributed by atoms with Gasteiger partial charge < -0.3 is 24.3 Å². The van der Waals surface area contributed by atoms with Crippen LogP contribution in [0.15, 0.2) is 36.5 Å². The first-order valence-electron chi connectivity index (χ1n) is 17.3. The second kappa shape index (κ2) is 13.5. The number of halogens is 2. The monoisotopic (exact) mass is 681 g/mol. The number of fused-ring (bicyclic) bond motifs is 1. The normalized spacial score (nSPS) is 20.9.